The molecule has 1 atom stereocenters. The molecule has 0 saturated carbocycles. The molecular weight excluding hydrogens is 421 g/mol. The van der Waals surface area contributed by atoms with Gasteiger partial charge < -0.3 is 14.8 Å². The maximum atomic E-state index is 14.0. The van der Waals surface area contributed by atoms with E-state index >= 15 is 0 Å². The molecule has 2 N–H and O–H groups in total. The highest BCUT2D eigenvalue weighted by Crippen LogP contribution is 2.35. The van der Waals surface area contributed by atoms with Gasteiger partial charge in [0.1, 0.15) is 0 Å². The van der Waals surface area contributed by atoms with Crippen molar-refractivity contribution in [2.75, 3.05) is 14.2 Å². The number of amides is 4. The van der Waals surface area contributed by atoms with Crippen LogP contribution in [0.15, 0.2) is 42.7 Å². The largest absolute Gasteiger partial charge is 0.493 e. The minimum Gasteiger partial charge on any atom is -0.493 e. The summed E-state index contributed by atoms with van der Waals surface area (Å²) in [4.78, 5) is 41.7. The molecule has 4 amide bonds. The highest BCUT2D eigenvalue weighted by molar-refractivity contribution is 6.10. The molecule has 31 heavy (non-hydrogen) atoms. The van der Waals surface area contributed by atoms with Crippen molar-refractivity contribution in [3.05, 3.63) is 53.9 Å². The van der Waals surface area contributed by atoms with Gasteiger partial charge in [0.15, 0.2) is 11.5 Å². The number of nitrogens with one attached hydrogen (secondary N) is 2. The number of ether oxygens (including phenoxy) is 2. The third-order valence-corrected chi connectivity index (χ3v) is 4.54. The Hall–Kier alpha value is -3.83. The molecule has 1 aliphatic heterocycles. The Morgan fingerprint density at radius 2 is 1.90 bits per heavy atom. The highest BCUT2D eigenvalue weighted by atomic mass is 19.4. The molecule has 0 unspecified atom stereocenters. The van der Waals surface area contributed by atoms with Gasteiger partial charge in [-0.3, -0.25) is 24.8 Å². The lowest BCUT2D eigenvalue weighted by Gasteiger charge is -2.30. The Balaban J connectivity index is 1.92. The van der Waals surface area contributed by atoms with Crippen LogP contribution in [0.2, 0.25) is 0 Å². The molecule has 9 nitrogen and oxygen atoms in total. The molecule has 12 heteroatoms. The third kappa shape index (κ3) is 3.96. The molecule has 1 aliphatic rings. The van der Waals surface area contributed by atoms with Crippen molar-refractivity contribution in [2.24, 2.45) is 0 Å². The summed E-state index contributed by atoms with van der Waals surface area (Å²) in [6.07, 6.45) is -2.59. The molecule has 1 fully saturated rings. The summed E-state index contributed by atoms with van der Waals surface area (Å²) in [5, 5.41) is 3.22. The fourth-order valence-electron chi connectivity index (χ4n) is 2.96. The van der Waals surface area contributed by atoms with Crippen LogP contribution in [0.25, 0.3) is 0 Å². The normalized spacial score (nSPS) is 18.5. The average Bonchev–Trinajstić information content (AvgIpc) is 2.98. The lowest BCUT2D eigenvalue weighted by Crippen LogP contribution is -2.69. The van der Waals surface area contributed by atoms with E-state index in [0.717, 1.165) is 6.07 Å². The molecule has 0 bridgehead atoms. The number of hydrogen-bond acceptors (Lipinski definition) is 6. The number of rotatable bonds is 6. The van der Waals surface area contributed by atoms with Crippen molar-refractivity contribution in [3.8, 4) is 11.5 Å². The summed E-state index contributed by atoms with van der Waals surface area (Å²) in [5.41, 5.74) is -3.54. The summed E-state index contributed by atoms with van der Waals surface area (Å²) in [5.74, 6) is -2.58. The molecule has 164 valence electrons. The molecule has 2 heterocycles. The Labute approximate surface area is 174 Å². The fourth-order valence-corrected chi connectivity index (χ4v) is 2.96. The molecule has 1 aromatic heterocycles. The number of imide groups is 1. The molecule has 3 rings (SSSR count). The summed E-state index contributed by atoms with van der Waals surface area (Å²) < 4.78 is 51.9. The number of alkyl halides is 3. The van der Waals surface area contributed by atoms with Crippen molar-refractivity contribution in [3.63, 3.8) is 0 Å². The van der Waals surface area contributed by atoms with E-state index in [1.54, 1.807) is 10.6 Å². The predicted octanol–water partition coefficient (Wildman–Crippen LogP) is 1.84. The fraction of sp³-hybridized carbons (Fsp3) is 0.263. The van der Waals surface area contributed by atoms with E-state index in [1.165, 1.54) is 50.9 Å². The maximum absolute atomic E-state index is 14.0. The van der Waals surface area contributed by atoms with Crippen molar-refractivity contribution in [2.45, 2.75) is 18.4 Å². The summed E-state index contributed by atoms with van der Waals surface area (Å²) in [6.45, 7) is -0.456. The lowest BCUT2D eigenvalue weighted by atomic mass is 10.1. The van der Waals surface area contributed by atoms with Crippen LogP contribution in [0.5, 0.6) is 11.5 Å². The lowest BCUT2D eigenvalue weighted by molar-refractivity contribution is -0.200. The maximum Gasteiger partial charge on any atom is 0.440 e. The number of pyridine rings is 1. The van der Waals surface area contributed by atoms with E-state index in [1.807, 2.05) is 0 Å². The number of methoxy groups -OCH3 is 2. The molecular formula is C19H17F3N4O5. The van der Waals surface area contributed by atoms with Crippen molar-refractivity contribution >= 4 is 17.8 Å². The monoisotopic (exact) mass is 438 g/mol. The third-order valence-electron chi connectivity index (χ3n) is 4.54. The zero-order valence-electron chi connectivity index (χ0n) is 16.3. The quantitative estimate of drug-likeness (QED) is 0.666. The van der Waals surface area contributed by atoms with Gasteiger partial charge in [-0.05, 0) is 29.8 Å². The van der Waals surface area contributed by atoms with Gasteiger partial charge in [0.25, 0.3) is 17.5 Å². The van der Waals surface area contributed by atoms with Gasteiger partial charge in [-0.25, -0.2) is 4.79 Å². The number of nitrogens with zero attached hydrogens (tertiary/aromatic N) is 2. The second-order valence-corrected chi connectivity index (χ2v) is 6.45. The molecule has 0 aliphatic carbocycles. The number of hydrogen-bond donors (Lipinski definition) is 2. The first-order valence-corrected chi connectivity index (χ1v) is 8.77. The van der Waals surface area contributed by atoms with E-state index in [-0.39, 0.29) is 17.1 Å². The summed E-state index contributed by atoms with van der Waals surface area (Å²) in [7, 11) is 2.63. The summed E-state index contributed by atoms with van der Waals surface area (Å²) >= 11 is 0. The number of benzene rings is 1. The van der Waals surface area contributed by atoms with E-state index in [0.29, 0.717) is 10.5 Å². The van der Waals surface area contributed by atoms with Crippen molar-refractivity contribution < 1.29 is 37.0 Å². The van der Waals surface area contributed by atoms with Gasteiger partial charge in [0.2, 0.25) is 0 Å². The number of urea groups is 1. The van der Waals surface area contributed by atoms with E-state index in [9.17, 15) is 27.6 Å². The topological polar surface area (TPSA) is 110 Å². The number of carbonyl (C=O) groups is 3. The van der Waals surface area contributed by atoms with Crippen LogP contribution in [0, 0.1) is 0 Å². The van der Waals surface area contributed by atoms with Crippen LogP contribution in [0.1, 0.15) is 15.9 Å². The van der Waals surface area contributed by atoms with Crippen LogP contribution >= 0.6 is 0 Å². The Morgan fingerprint density at radius 1 is 1.19 bits per heavy atom. The highest BCUT2D eigenvalue weighted by Gasteiger charge is 2.68. The number of halogens is 3. The zero-order valence-corrected chi connectivity index (χ0v) is 16.3. The average molecular weight is 438 g/mol. The predicted molar refractivity (Wildman–Crippen MR) is 99.1 cm³/mol. The van der Waals surface area contributed by atoms with Crippen LogP contribution in [-0.4, -0.2) is 53.8 Å². The van der Waals surface area contributed by atoms with E-state index < -0.39 is 36.2 Å². The van der Waals surface area contributed by atoms with Crippen molar-refractivity contribution in [1.29, 1.82) is 0 Å². The first kappa shape index (κ1) is 21.9. The first-order valence-electron chi connectivity index (χ1n) is 8.77. The van der Waals surface area contributed by atoms with Crippen molar-refractivity contribution in [1.82, 2.24) is 20.5 Å². The Kier molecular flexibility index (Phi) is 5.73. The van der Waals surface area contributed by atoms with Crippen LogP contribution < -0.4 is 20.1 Å². The molecule has 1 aromatic carbocycles. The van der Waals surface area contributed by atoms with E-state index in [2.05, 4.69) is 4.98 Å². The van der Waals surface area contributed by atoms with Crippen LogP contribution in [0.4, 0.5) is 18.0 Å². The molecule has 0 spiro atoms. The second-order valence-electron chi connectivity index (χ2n) is 6.45. The summed E-state index contributed by atoms with van der Waals surface area (Å²) in [6, 6.07) is 5.34. The first-order chi connectivity index (χ1) is 14.6. The smallest absolute Gasteiger partial charge is 0.440 e. The molecule has 0 radical (unpaired) electrons. The van der Waals surface area contributed by atoms with Gasteiger partial charge in [-0.2, -0.15) is 13.2 Å². The zero-order chi connectivity index (χ0) is 22.8. The standard InChI is InChI=1S/C19H17F3N4O5/c1-30-13-6-5-12(8-14(13)31-2)15(27)24-18(19(20,21)22)16(28)26(17(29)25-18)10-11-4-3-7-23-9-11/h3-9H,10H2,1-2H3,(H,24,27)(H,25,29)/t18-/m1/s1. The molecule has 1 saturated heterocycles. The Morgan fingerprint density at radius 3 is 2.48 bits per heavy atom. The van der Waals surface area contributed by atoms with Gasteiger partial charge in [-0.1, -0.05) is 6.07 Å². The van der Waals surface area contributed by atoms with Crippen LogP contribution in [-0.2, 0) is 11.3 Å². The van der Waals surface area contributed by atoms with Gasteiger partial charge in [0.05, 0.1) is 20.8 Å². The SMILES string of the molecule is COc1ccc(C(=O)N[C@@]2(C(F)(F)F)NC(=O)N(Cc3cccnc3)C2=O)cc1OC. The number of carbonyl (C=O) groups excluding carboxylic acids is 3. The minimum atomic E-state index is -5.32. The number of aromatic nitrogens is 1. The van der Waals surface area contributed by atoms with Crippen LogP contribution in [0.3, 0.4) is 0 Å². The van der Waals surface area contributed by atoms with E-state index in [4.69, 9.17) is 9.47 Å². The van der Waals surface area contributed by atoms with Gasteiger partial charge >= 0.3 is 12.2 Å². The van der Waals surface area contributed by atoms with Gasteiger partial charge in [-0.15, -0.1) is 0 Å². The molecule has 2 aromatic rings. The van der Waals surface area contributed by atoms with Gasteiger partial charge in [0, 0.05) is 18.0 Å². The second kappa shape index (κ2) is 8.13. The minimum absolute atomic E-state index is 0.0937. The Bertz CT molecular complexity index is 1020.